The first-order chi connectivity index (χ1) is 16.0. The maximum Gasteiger partial charge on any atom is 0.305 e. The summed E-state index contributed by atoms with van der Waals surface area (Å²) < 4.78 is 6.24. The maximum absolute atomic E-state index is 12.3. The first-order valence-corrected chi connectivity index (χ1v) is 13.1. The largest absolute Gasteiger partial charge is 0.489 e. The molecule has 0 spiro atoms. The van der Waals surface area contributed by atoms with Gasteiger partial charge in [0.2, 0.25) is 0 Å². The van der Waals surface area contributed by atoms with Crippen molar-refractivity contribution in [1.82, 2.24) is 4.98 Å². The molecule has 0 saturated heterocycles. The number of benzene rings is 2. The summed E-state index contributed by atoms with van der Waals surface area (Å²) in [5.74, 6) is 2.07. The molecule has 6 rings (SSSR count). The normalized spacial score (nSPS) is 27.2. The first kappa shape index (κ1) is 21.3. The third-order valence-corrected chi connectivity index (χ3v) is 10.3. The van der Waals surface area contributed by atoms with Crippen LogP contribution in [0.2, 0.25) is 5.02 Å². The van der Waals surface area contributed by atoms with Crippen LogP contribution >= 0.6 is 34.7 Å². The predicted molar refractivity (Wildman–Crippen MR) is 130 cm³/mol. The number of ether oxygens (including phenoxy) is 1. The molecule has 2 saturated carbocycles. The highest BCUT2D eigenvalue weighted by Crippen LogP contribution is 2.64. The van der Waals surface area contributed by atoms with Gasteiger partial charge in [0, 0.05) is 44.3 Å². The number of thioether (sulfide) groups is 1. The van der Waals surface area contributed by atoms with Crippen LogP contribution in [0.5, 0.6) is 5.75 Å². The maximum atomic E-state index is 12.3. The monoisotopic (exact) mass is 500 g/mol. The summed E-state index contributed by atoms with van der Waals surface area (Å²) >= 11 is 9.35. The summed E-state index contributed by atoms with van der Waals surface area (Å²) in [6, 6.07) is 12.3. The molecule has 1 aliphatic heterocycles. The van der Waals surface area contributed by atoms with Crippen LogP contribution in [0.15, 0.2) is 52.3 Å². The second kappa shape index (κ2) is 8.18. The van der Waals surface area contributed by atoms with Crippen LogP contribution in [-0.4, -0.2) is 15.2 Å². The standard InChI is InChI=1S/C24H21ClN2O4S2/c25-17-4-2-1-3-14(17)11-31-18-8-7-15(27(29)30)10-16(18)20-19-12-5-6-13(9-12)21(19)32-23-22(20)33-24(28)26-23/h1-4,7-8,10,12-13,19-21H,5-6,9,11H2,(H,26,28)/t12-,13-,19-,20-,21-/m0/s1. The molecule has 0 amide bonds. The Bertz CT molecular complexity index is 1310. The van der Waals surface area contributed by atoms with Crippen molar-refractivity contribution in [3.8, 4) is 5.75 Å². The number of thiazole rings is 1. The lowest BCUT2D eigenvalue weighted by atomic mass is 9.74. The number of hydrogen-bond donors (Lipinski definition) is 1. The van der Waals surface area contributed by atoms with Gasteiger partial charge in [-0.15, -0.1) is 11.8 Å². The minimum Gasteiger partial charge on any atom is -0.489 e. The third kappa shape index (κ3) is 3.59. The number of non-ortho nitro benzene ring substituents is 1. The van der Waals surface area contributed by atoms with Crippen LogP contribution in [-0.2, 0) is 6.61 Å². The van der Waals surface area contributed by atoms with Crippen molar-refractivity contribution in [2.45, 2.75) is 42.1 Å². The van der Waals surface area contributed by atoms with E-state index in [1.54, 1.807) is 23.9 Å². The number of nitro groups is 1. The van der Waals surface area contributed by atoms with Crippen LogP contribution in [0, 0.1) is 27.9 Å². The molecule has 6 nitrogen and oxygen atoms in total. The molecule has 1 aromatic heterocycles. The summed E-state index contributed by atoms with van der Waals surface area (Å²) in [4.78, 5) is 27.6. The molecule has 2 bridgehead atoms. The van der Waals surface area contributed by atoms with Crippen molar-refractivity contribution in [3.63, 3.8) is 0 Å². The molecule has 170 valence electrons. The molecule has 1 N–H and O–H groups in total. The van der Waals surface area contributed by atoms with Crippen LogP contribution in [0.4, 0.5) is 5.69 Å². The topological polar surface area (TPSA) is 85.2 Å². The molecule has 33 heavy (non-hydrogen) atoms. The van der Waals surface area contributed by atoms with E-state index in [1.807, 2.05) is 24.3 Å². The molecule has 3 aromatic rings. The quantitative estimate of drug-likeness (QED) is 0.331. The molecule has 2 heterocycles. The highest BCUT2D eigenvalue weighted by molar-refractivity contribution is 8.00. The zero-order chi connectivity index (χ0) is 22.7. The van der Waals surface area contributed by atoms with E-state index in [4.69, 9.17) is 16.3 Å². The van der Waals surface area contributed by atoms with Crippen molar-refractivity contribution in [3.05, 3.63) is 83.3 Å². The summed E-state index contributed by atoms with van der Waals surface area (Å²) in [5.41, 5.74) is 1.69. The number of nitrogens with zero attached hydrogens (tertiary/aromatic N) is 1. The van der Waals surface area contributed by atoms with E-state index in [0.29, 0.717) is 33.8 Å². The van der Waals surface area contributed by atoms with Gasteiger partial charge in [0.25, 0.3) is 5.69 Å². The minimum absolute atomic E-state index is 0.0393. The van der Waals surface area contributed by atoms with Gasteiger partial charge < -0.3 is 9.72 Å². The minimum atomic E-state index is -0.363. The summed E-state index contributed by atoms with van der Waals surface area (Å²) in [7, 11) is 0. The van der Waals surface area contributed by atoms with E-state index >= 15 is 0 Å². The molecule has 0 unspecified atom stereocenters. The van der Waals surface area contributed by atoms with Gasteiger partial charge in [0.15, 0.2) is 0 Å². The van der Waals surface area contributed by atoms with Crippen LogP contribution in [0.25, 0.3) is 0 Å². The van der Waals surface area contributed by atoms with Crippen LogP contribution in [0.3, 0.4) is 0 Å². The molecule has 5 atom stereocenters. The Morgan fingerprint density at radius 2 is 2.00 bits per heavy atom. The van der Waals surface area contributed by atoms with Gasteiger partial charge in [0.1, 0.15) is 12.4 Å². The van der Waals surface area contributed by atoms with E-state index in [9.17, 15) is 14.9 Å². The molecule has 2 fully saturated rings. The first-order valence-electron chi connectivity index (χ1n) is 11.0. The van der Waals surface area contributed by atoms with Gasteiger partial charge in [-0.25, -0.2) is 0 Å². The zero-order valence-corrected chi connectivity index (χ0v) is 19.9. The highest BCUT2D eigenvalue weighted by Gasteiger charge is 2.55. The fraction of sp³-hybridized carbons (Fsp3) is 0.375. The SMILES string of the molecule is O=c1[nH]c2c(s1)[C@@H](c1cc([N+](=O)[O-])ccc1OCc1ccccc1Cl)[C@@H]1[C@H]3CC[C@@H](C3)[C@@H]1S2. The van der Waals surface area contributed by atoms with Gasteiger partial charge in [0.05, 0.1) is 9.95 Å². The van der Waals surface area contributed by atoms with Gasteiger partial charge >= 0.3 is 4.87 Å². The Labute approximate surface area is 203 Å². The number of halogens is 1. The van der Waals surface area contributed by atoms with E-state index in [0.717, 1.165) is 21.0 Å². The van der Waals surface area contributed by atoms with E-state index in [1.165, 1.54) is 36.7 Å². The third-order valence-electron chi connectivity index (χ3n) is 7.35. The van der Waals surface area contributed by atoms with E-state index in [2.05, 4.69) is 4.98 Å². The number of H-pyrrole nitrogens is 1. The average Bonchev–Trinajstić information content (AvgIpc) is 3.51. The van der Waals surface area contributed by atoms with Crippen LogP contribution < -0.4 is 9.61 Å². The molecule has 9 heteroatoms. The second-order valence-electron chi connectivity index (χ2n) is 9.04. The number of aromatic amines is 1. The fourth-order valence-electron chi connectivity index (χ4n) is 5.99. The lowest BCUT2D eigenvalue weighted by molar-refractivity contribution is -0.385. The fourth-order valence-corrected chi connectivity index (χ4v) is 9.07. The lowest BCUT2D eigenvalue weighted by Crippen LogP contribution is -2.33. The molecule has 0 radical (unpaired) electrons. The number of aromatic nitrogens is 1. The number of rotatable bonds is 5. The van der Waals surface area contributed by atoms with Crippen molar-refractivity contribution in [2.24, 2.45) is 17.8 Å². The van der Waals surface area contributed by atoms with Crippen molar-refractivity contribution < 1.29 is 9.66 Å². The smallest absolute Gasteiger partial charge is 0.305 e. The number of nitrogens with one attached hydrogen (secondary N) is 1. The molecule has 3 aliphatic rings. The lowest BCUT2D eigenvalue weighted by Gasteiger charge is -2.40. The van der Waals surface area contributed by atoms with Gasteiger partial charge in [-0.05, 0) is 49.1 Å². The Morgan fingerprint density at radius 1 is 1.18 bits per heavy atom. The van der Waals surface area contributed by atoms with Gasteiger partial charge in [-0.2, -0.15) is 0 Å². The van der Waals surface area contributed by atoms with Gasteiger partial charge in [-0.3, -0.25) is 14.9 Å². The predicted octanol–water partition coefficient (Wildman–Crippen LogP) is 6.23. The Kier molecular flexibility index (Phi) is 5.27. The zero-order valence-electron chi connectivity index (χ0n) is 17.5. The number of hydrogen-bond acceptors (Lipinski definition) is 6. The molecule has 2 aliphatic carbocycles. The Morgan fingerprint density at radius 3 is 2.82 bits per heavy atom. The summed E-state index contributed by atoms with van der Waals surface area (Å²) in [6.07, 6.45) is 3.60. The highest BCUT2D eigenvalue weighted by atomic mass is 35.5. The van der Waals surface area contributed by atoms with Crippen LogP contribution in [0.1, 0.15) is 41.2 Å². The van der Waals surface area contributed by atoms with E-state index in [-0.39, 0.29) is 28.0 Å². The number of nitro benzene ring substituents is 1. The molecule has 2 aromatic carbocycles. The number of fused-ring (bicyclic) bond motifs is 6. The summed E-state index contributed by atoms with van der Waals surface area (Å²) in [5, 5.41) is 13.6. The van der Waals surface area contributed by atoms with E-state index < -0.39 is 0 Å². The van der Waals surface area contributed by atoms with Gasteiger partial charge in [-0.1, -0.05) is 41.1 Å². The second-order valence-corrected chi connectivity index (χ2v) is 11.6. The van der Waals surface area contributed by atoms with Crippen molar-refractivity contribution in [2.75, 3.05) is 0 Å². The average molecular weight is 501 g/mol. The molecular weight excluding hydrogens is 480 g/mol. The summed E-state index contributed by atoms with van der Waals surface area (Å²) in [6.45, 7) is 0.266. The Hall–Kier alpha value is -2.29. The van der Waals surface area contributed by atoms with Crippen molar-refractivity contribution >= 4 is 40.4 Å². The van der Waals surface area contributed by atoms with Crippen molar-refractivity contribution in [1.29, 1.82) is 0 Å². The molecular formula is C24H21ClN2O4S2. The Balaban J connectivity index is 1.46.